The number of hydrogen-bond donors (Lipinski definition) is 1. The molecular weight excluding hydrogens is 140 g/mol. The van der Waals surface area contributed by atoms with E-state index in [9.17, 15) is 4.79 Å². The van der Waals surface area contributed by atoms with E-state index >= 15 is 0 Å². The number of ketones is 1. The predicted octanol–water partition coefficient (Wildman–Crippen LogP) is 1.98. The standard InChI is InChI=1S/C9H12O2/c1-6-4-7(10)8(11)9(2,3)5-6/h4-5,10H,1-3H3. The van der Waals surface area contributed by atoms with Crippen molar-refractivity contribution >= 4 is 5.78 Å². The van der Waals surface area contributed by atoms with E-state index < -0.39 is 5.41 Å². The molecule has 0 saturated carbocycles. The van der Waals surface area contributed by atoms with Crippen molar-refractivity contribution in [2.45, 2.75) is 20.8 Å². The summed E-state index contributed by atoms with van der Waals surface area (Å²) in [6.45, 7) is 5.45. The van der Waals surface area contributed by atoms with Crippen molar-refractivity contribution in [3.63, 3.8) is 0 Å². The van der Waals surface area contributed by atoms with Crippen molar-refractivity contribution < 1.29 is 9.90 Å². The Bertz CT molecular complexity index is 257. The molecule has 2 heteroatoms. The van der Waals surface area contributed by atoms with E-state index in [1.54, 1.807) is 13.8 Å². The lowest BCUT2D eigenvalue weighted by molar-refractivity contribution is -0.123. The van der Waals surface area contributed by atoms with Gasteiger partial charge in [0.25, 0.3) is 0 Å². The third kappa shape index (κ3) is 1.34. The smallest absolute Gasteiger partial charge is 0.206 e. The summed E-state index contributed by atoms with van der Waals surface area (Å²) in [6.07, 6.45) is 3.35. The normalized spacial score (nSPS) is 22.6. The highest BCUT2D eigenvalue weighted by Crippen LogP contribution is 2.28. The molecule has 1 aliphatic carbocycles. The van der Waals surface area contributed by atoms with Crippen LogP contribution in [0.5, 0.6) is 0 Å². The highest BCUT2D eigenvalue weighted by molar-refractivity contribution is 6.00. The van der Waals surface area contributed by atoms with E-state index in [2.05, 4.69) is 0 Å². The number of allylic oxidation sites excluding steroid dienone is 4. The first-order valence-electron chi connectivity index (χ1n) is 3.58. The molecule has 0 bridgehead atoms. The Kier molecular flexibility index (Phi) is 1.63. The lowest BCUT2D eigenvalue weighted by atomic mass is 9.81. The minimum absolute atomic E-state index is 0.130. The molecule has 0 spiro atoms. The van der Waals surface area contributed by atoms with Gasteiger partial charge in [0.1, 0.15) is 0 Å². The lowest BCUT2D eigenvalue weighted by Gasteiger charge is -2.22. The van der Waals surface area contributed by atoms with Gasteiger partial charge in [-0.15, -0.1) is 0 Å². The molecule has 0 heterocycles. The molecule has 0 fully saturated rings. The molecule has 0 aromatic carbocycles. The first-order chi connectivity index (χ1) is 4.93. The van der Waals surface area contributed by atoms with Gasteiger partial charge in [0.2, 0.25) is 5.78 Å². The molecule has 1 N–H and O–H groups in total. The Balaban J connectivity index is 3.11. The summed E-state index contributed by atoms with van der Waals surface area (Å²) in [7, 11) is 0. The molecule has 0 atom stereocenters. The molecule has 0 aromatic heterocycles. The summed E-state index contributed by atoms with van der Waals surface area (Å²) < 4.78 is 0. The number of Topliss-reactive ketones (excluding diaryl/α,β-unsaturated/α-hetero) is 1. The Hall–Kier alpha value is -1.05. The molecule has 1 aliphatic rings. The fourth-order valence-corrected chi connectivity index (χ4v) is 1.29. The van der Waals surface area contributed by atoms with Gasteiger partial charge in [0.05, 0.1) is 0 Å². The van der Waals surface area contributed by atoms with Crippen LogP contribution in [0.15, 0.2) is 23.5 Å². The first kappa shape index (κ1) is 8.05. The zero-order chi connectivity index (χ0) is 8.65. The fourth-order valence-electron chi connectivity index (χ4n) is 1.29. The maximum Gasteiger partial charge on any atom is 0.206 e. The summed E-state index contributed by atoms with van der Waals surface area (Å²) in [5, 5.41) is 9.15. The van der Waals surface area contributed by atoms with Crippen LogP contribution in [0.1, 0.15) is 20.8 Å². The van der Waals surface area contributed by atoms with E-state index in [1.807, 2.05) is 13.0 Å². The van der Waals surface area contributed by atoms with Crippen LogP contribution < -0.4 is 0 Å². The van der Waals surface area contributed by atoms with E-state index in [4.69, 9.17) is 5.11 Å². The SMILES string of the molecule is CC1=CC(C)(C)C(=O)C(O)=C1. The quantitative estimate of drug-likeness (QED) is 0.576. The van der Waals surface area contributed by atoms with Crippen LogP contribution in [0.25, 0.3) is 0 Å². The molecule has 0 aromatic rings. The van der Waals surface area contributed by atoms with Crippen molar-refractivity contribution in [1.82, 2.24) is 0 Å². The van der Waals surface area contributed by atoms with E-state index in [0.29, 0.717) is 0 Å². The van der Waals surface area contributed by atoms with Gasteiger partial charge in [-0.3, -0.25) is 4.79 Å². The monoisotopic (exact) mass is 152 g/mol. The summed E-state index contributed by atoms with van der Waals surface area (Å²) in [4.78, 5) is 11.2. The second-order valence-corrected chi connectivity index (χ2v) is 3.47. The second kappa shape index (κ2) is 2.22. The van der Waals surface area contributed by atoms with Crippen molar-refractivity contribution in [2.75, 3.05) is 0 Å². The number of carbonyl (C=O) groups excluding carboxylic acids is 1. The molecule has 0 amide bonds. The minimum Gasteiger partial charge on any atom is -0.504 e. The van der Waals surface area contributed by atoms with Crippen LogP contribution >= 0.6 is 0 Å². The van der Waals surface area contributed by atoms with E-state index in [0.717, 1.165) is 5.57 Å². The maximum atomic E-state index is 11.2. The van der Waals surface area contributed by atoms with Gasteiger partial charge < -0.3 is 5.11 Å². The number of carbonyl (C=O) groups is 1. The Morgan fingerprint density at radius 3 is 2.45 bits per heavy atom. The number of hydrogen-bond acceptors (Lipinski definition) is 2. The third-order valence-corrected chi connectivity index (χ3v) is 1.77. The lowest BCUT2D eigenvalue weighted by Crippen LogP contribution is -2.26. The summed E-state index contributed by atoms with van der Waals surface area (Å²) >= 11 is 0. The fraction of sp³-hybridized carbons (Fsp3) is 0.444. The molecule has 2 nitrogen and oxygen atoms in total. The third-order valence-electron chi connectivity index (χ3n) is 1.77. The maximum absolute atomic E-state index is 11.2. The zero-order valence-electron chi connectivity index (χ0n) is 7.01. The van der Waals surface area contributed by atoms with Crippen LogP contribution in [-0.2, 0) is 4.79 Å². The van der Waals surface area contributed by atoms with Crippen molar-refractivity contribution in [2.24, 2.45) is 5.41 Å². The Labute approximate surface area is 66.2 Å². The second-order valence-electron chi connectivity index (χ2n) is 3.47. The highest BCUT2D eigenvalue weighted by atomic mass is 16.3. The molecule has 0 saturated heterocycles. The highest BCUT2D eigenvalue weighted by Gasteiger charge is 2.30. The number of aliphatic hydroxyl groups is 1. The minimum atomic E-state index is -0.539. The van der Waals surface area contributed by atoms with Gasteiger partial charge in [-0.1, -0.05) is 11.6 Å². The summed E-state index contributed by atoms with van der Waals surface area (Å²) in [5.41, 5.74) is 0.398. The largest absolute Gasteiger partial charge is 0.504 e. The van der Waals surface area contributed by atoms with Crippen molar-refractivity contribution in [3.8, 4) is 0 Å². The van der Waals surface area contributed by atoms with Crippen LogP contribution in [0.3, 0.4) is 0 Å². The van der Waals surface area contributed by atoms with Gasteiger partial charge in [-0.25, -0.2) is 0 Å². The topological polar surface area (TPSA) is 37.3 Å². The molecule has 0 aliphatic heterocycles. The number of aliphatic hydroxyl groups excluding tert-OH is 1. The van der Waals surface area contributed by atoms with Crippen LogP contribution in [-0.4, -0.2) is 10.9 Å². The van der Waals surface area contributed by atoms with Gasteiger partial charge in [-0.2, -0.15) is 0 Å². The Morgan fingerprint density at radius 1 is 1.45 bits per heavy atom. The molecule has 1 rings (SSSR count). The number of rotatable bonds is 0. The van der Waals surface area contributed by atoms with Crippen LogP contribution in [0, 0.1) is 5.41 Å². The first-order valence-corrected chi connectivity index (χ1v) is 3.58. The van der Waals surface area contributed by atoms with E-state index in [1.165, 1.54) is 6.08 Å². The molecule has 60 valence electrons. The zero-order valence-corrected chi connectivity index (χ0v) is 7.01. The van der Waals surface area contributed by atoms with Crippen LogP contribution in [0.4, 0.5) is 0 Å². The average Bonchev–Trinajstić information content (AvgIpc) is 1.81. The van der Waals surface area contributed by atoms with Crippen molar-refractivity contribution in [1.29, 1.82) is 0 Å². The van der Waals surface area contributed by atoms with Crippen LogP contribution in [0.2, 0.25) is 0 Å². The van der Waals surface area contributed by atoms with Gasteiger partial charge >= 0.3 is 0 Å². The van der Waals surface area contributed by atoms with E-state index in [-0.39, 0.29) is 11.5 Å². The average molecular weight is 152 g/mol. The van der Waals surface area contributed by atoms with Gasteiger partial charge in [0.15, 0.2) is 5.76 Å². The molecular formula is C9H12O2. The van der Waals surface area contributed by atoms with Crippen molar-refractivity contribution in [3.05, 3.63) is 23.5 Å². The van der Waals surface area contributed by atoms with Gasteiger partial charge in [0, 0.05) is 5.41 Å². The summed E-state index contributed by atoms with van der Waals surface area (Å²) in [6, 6.07) is 0. The predicted molar refractivity (Wildman–Crippen MR) is 43.3 cm³/mol. The molecule has 0 unspecified atom stereocenters. The van der Waals surface area contributed by atoms with Gasteiger partial charge in [-0.05, 0) is 26.8 Å². The summed E-state index contributed by atoms with van der Waals surface area (Å²) in [5.74, 6) is -0.335. The molecule has 11 heavy (non-hydrogen) atoms. The molecule has 0 radical (unpaired) electrons. The Morgan fingerprint density at radius 2 is 2.00 bits per heavy atom.